The van der Waals surface area contributed by atoms with E-state index in [2.05, 4.69) is 5.32 Å². The van der Waals surface area contributed by atoms with E-state index >= 15 is 0 Å². The minimum Gasteiger partial charge on any atom is -0.465 e. The Balaban J connectivity index is 2.26. The summed E-state index contributed by atoms with van der Waals surface area (Å²) in [5.74, 6) is 0. The second-order valence-electron chi connectivity index (χ2n) is 4.99. The van der Waals surface area contributed by atoms with Crippen LogP contribution >= 0.6 is 0 Å². The standard InChI is InChI=1S/C13H15N3O6S/c1-15(10-7-6-9(8-10)14-13(17)18)23(21,22)12-5-3-2-4-11(12)16(19)20/h2-7,9-10,14H,8H2,1H3,(H,17,18)/t9-,10+/m0/s1. The number of carbonyl (C=O) groups is 1. The van der Waals surface area contributed by atoms with Gasteiger partial charge in [-0.25, -0.2) is 13.2 Å². The number of hydrogen-bond donors (Lipinski definition) is 2. The van der Waals surface area contributed by atoms with Gasteiger partial charge in [-0.1, -0.05) is 24.3 Å². The molecule has 1 aromatic carbocycles. The third-order valence-electron chi connectivity index (χ3n) is 3.56. The Hall–Kier alpha value is -2.46. The van der Waals surface area contributed by atoms with Crippen molar-refractivity contribution in [2.75, 3.05) is 7.05 Å². The summed E-state index contributed by atoms with van der Waals surface area (Å²) in [5, 5.41) is 21.9. The molecule has 1 aliphatic rings. The van der Waals surface area contributed by atoms with Crippen molar-refractivity contribution in [3.05, 3.63) is 46.5 Å². The number of nitro benzene ring substituents is 1. The number of sulfonamides is 1. The molecule has 2 atom stereocenters. The fraction of sp³-hybridized carbons (Fsp3) is 0.308. The average Bonchev–Trinajstić information content (AvgIpc) is 2.93. The lowest BCUT2D eigenvalue weighted by Gasteiger charge is -2.23. The number of para-hydroxylation sites is 1. The molecule has 0 radical (unpaired) electrons. The summed E-state index contributed by atoms with van der Waals surface area (Å²) in [5.41, 5.74) is -0.499. The molecule has 1 amide bonds. The summed E-state index contributed by atoms with van der Waals surface area (Å²) in [6.45, 7) is 0. The second kappa shape index (κ2) is 6.34. The number of likely N-dealkylation sites (N-methyl/N-ethyl adjacent to an activating group) is 1. The normalized spacial score (nSPS) is 20.6. The molecule has 2 rings (SSSR count). The highest BCUT2D eigenvalue weighted by atomic mass is 32.2. The Morgan fingerprint density at radius 2 is 2.04 bits per heavy atom. The first-order chi connectivity index (χ1) is 10.7. The van der Waals surface area contributed by atoms with Crippen molar-refractivity contribution >= 4 is 21.8 Å². The van der Waals surface area contributed by atoms with Crippen LogP contribution in [-0.4, -0.2) is 48.0 Å². The molecular weight excluding hydrogens is 326 g/mol. The van der Waals surface area contributed by atoms with Gasteiger partial charge in [0, 0.05) is 19.2 Å². The molecule has 0 aliphatic heterocycles. The number of amides is 1. The number of nitrogens with zero attached hydrogens (tertiary/aromatic N) is 2. The molecule has 0 unspecified atom stereocenters. The first-order valence-electron chi connectivity index (χ1n) is 6.62. The average molecular weight is 341 g/mol. The lowest BCUT2D eigenvalue weighted by Crippen LogP contribution is -2.38. The topological polar surface area (TPSA) is 130 Å². The molecule has 2 N–H and O–H groups in total. The summed E-state index contributed by atoms with van der Waals surface area (Å²) >= 11 is 0. The summed E-state index contributed by atoms with van der Waals surface area (Å²) < 4.78 is 26.3. The fourth-order valence-corrected chi connectivity index (χ4v) is 3.85. The van der Waals surface area contributed by atoms with Crippen LogP contribution < -0.4 is 5.32 Å². The van der Waals surface area contributed by atoms with E-state index in [0.717, 1.165) is 10.4 Å². The van der Waals surface area contributed by atoms with Gasteiger partial charge < -0.3 is 10.4 Å². The minimum atomic E-state index is -4.08. The van der Waals surface area contributed by atoms with E-state index in [1.165, 1.54) is 25.2 Å². The van der Waals surface area contributed by atoms with Crippen LogP contribution in [0.15, 0.2) is 41.3 Å². The predicted octanol–water partition coefficient (Wildman–Crippen LogP) is 1.18. The van der Waals surface area contributed by atoms with Crippen molar-refractivity contribution in [2.24, 2.45) is 0 Å². The van der Waals surface area contributed by atoms with Gasteiger partial charge in [0.25, 0.3) is 5.69 Å². The van der Waals surface area contributed by atoms with Crippen LogP contribution in [0.3, 0.4) is 0 Å². The Labute approximate surface area is 132 Å². The van der Waals surface area contributed by atoms with Crippen molar-refractivity contribution in [2.45, 2.75) is 23.4 Å². The van der Waals surface area contributed by atoms with Gasteiger partial charge >= 0.3 is 6.09 Å². The molecule has 0 saturated carbocycles. The Morgan fingerprint density at radius 1 is 1.39 bits per heavy atom. The quantitative estimate of drug-likeness (QED) is 0.470. The van der Waals surface area contributed by atoms with Gasteiger partial charge in [-0.05, 0) is 12.5 Å². The first-order valence-corrected chi connectivity index (χ1v) is 8.06. The molecule has 1 aromatic rings. The molecule has 0 fully saturated rings. The summed E-state index contributed by atoms with van der Waals surface area (Å²) in [6.07, 6.45) is 2.14. The summed E-state index contributed by atoms with van der Waals surface area (Å²) in [4.78, 5) is 20.5. The first kappa shape index (κ1) is 16.9. The molecule has 0 aromatic heterocycles. The highest BCUT2D eigenvalue weighted by molar-refractivity contribution is 7.89. The van der Waals surface area contributed by atoms with E-state index in [1.807, 2.05) is 0 Å². The molecule has 10 heteroatoms. The monoisotopic (exact) mass is 341 g/mol. The van der Waals surface area contributed by atoms with Crippen molar-refractivity contribution in [3.8, 4) is 0 Å². The number of hydrogen-bond acceptors (Lipinski definition) is 5. The molecule has 23 heavy (non-hydrogen) atoms. The van der Waals surface area contributed by atoms with Gasteiger partial charge in [0.2, 0.25) is 10.0 Å². The third-order valence-corrected chi connectivity index (χ3v) is 5.49. The zero-order valence-corrected chi connectivity index (χ0v) is 12.9. The van der Waals surface area contributed by atoms with Crippen molar-refractivity contribution in [1.82, 2.24) is 9.62 Å². The Kier molecular flexibility index (Phi) is 4.66. The van der Waals surface area contributed by atoms with Crippen LogP contribution in [0.25, 0.3) is 0 Å². The van der Waals surface area contributed by atoms with Gasteiger partial charge in [0.1, 0.15) is 0 Å². The number of nitro groups is 1. The van der Waals surface area contributed by atoms with Crippen LogP contribution in [0.4, 0.5) is 10.5 Å². The smallest absolute Gasteiger partial charge is 0.405 e. The van der Waals surface area contributed by atoms with Crippen molar-refractivity contribution in [1.29, 1.82) is 0 Å². The van der Waals surface area contributed by atoms with E-state index < -0.39 is 43.7 Å². The minimum absolute atomic E-state index is 0.225. The maximum absolute atomic E-state index is 12.6. The Bertz CT molecular complexity index is 761. The maximum atomic E-state index is 12.6. The SMILES string of the molecule is CN([C@@H]1C=C[C@H](NC(=O)O)C1)S(=O)(=O)c1ccccc1[N+](=O)[O-]. The molecule has 0 spiro atoms. The molecule has 0 saturated heterocycles. The van der Waals surface area contributed by atoms with Gasteiger partial charge in [-0.2, -0.15) is 4.31 Å². The predicted molar refractivity (Wildman–Crippen MR) is 80.5 cm³/mol. The summed E-state index contributed by atoms with van der Waals surface area (Å²) in [6, 6.07) is 4.01. The zero-order valence-electron chi connectivity index (χ0n) is 12.1. The third kappa shape index (κ3) is 3.48. The van der Waals surface area contributed by atoms with Crippen LogP contribution in [-0.2, 0) is 10.0 Å². The van der Waals surface area contributed by atoms with Gasteiger partial charge in [0.15, 0.2) is 4.90 Å². The number of rotatable bonds is 5. The number of benzene rings is 1. The van der Waals surface area contributed by atoms with Gasteiger partial charge in [-0.3, -0.25) is 10.1 Å². The highest BCUT2D eigenvalue weighted by Gasteiger charge is 2.35. The van der Waals surface area contributed by atoms with Crippen molar-refractivity contribution < 1.29 is 23.2 Å². The zero-order chi connectivity index (χ0) is 17.2. The van der Waals surface area contributed by atoms with E-state index in [4.69, 9.17) is 5.11 Å². The van der Waals surface area contributed by atoms with E-state index in [0.29, 0.717) is 0 Å². The Morgan fingerprint density at radius 3 is 2.65 bits per heavy atom. The lowest BCUT2D eigenvalue weighted by atomic mass is 10.2. The maximum Gasteiger partial charge on any atom is 0.405 e. The largest absolute Gasteiger partial charge is 0.465 e. The second-order valence-corrected chi connectivity index (χ2v) is 6.96. The molecular formula is C13H15N3O6S. The fourth-order valence-electron chi connectivity index (χ4n) is 2.37. The molecule has 0 heterocycles. The van der Waals surface area contributed by atoms with Crippen molar-refractivity contribution in [3.63, 3.8) is 0 Å². The van der Waals surface area contributed by atoms with E-state index in [-0.39, 0.29) is 6.42 Å². The van der Waals surface area contributed by atoms with Crippen LogP contribution in [0, 0.1) is 10.1 Å². The van der Waals surface area contributed by atoms with E-state index in [9.17, 15) is 23.3 Å². The van der Waals surface area contributed by atoms with Gasteiger partial charge in [0.05, 0.1) is 11.0 Å². The van der Waals surface area contributed by atoms with E-state index in [1.54, 1.807) is 12.2 Å². The molecule has 1 aliphatic carbocycles. The van der Waals surface area contributed by atoms with Gasteiger partial charge in [-0.15, -0.1) is 0 Å². The number of nitrogens with one attached hydrogen (secondary N) is 1. The molecule has 124 valence electrons. The lowest BCUT2D eigenvalue weighted by molar-refractivity contribution is -0.387. The highest BCUT2D eigenvalue weighted by Crippen LogP contribution is 2.29. The van der Waals surface area contributed by atoms with Crippen LogP contribution in [0.5, 0.6) is 0 Å². The van der Waals surface area contributed by atoms with Crippen LogP contribution in [0.1, 0.15) is 6.42 Å². The molecule has 0 bridgehead atoms. The number of carboxylic acid groups (broad SMARTS) is 1. The summed E-state index contributed by atoms with van der Waals surface area (Å²) in [7, 11) is -2.78. The van der Waals surface area contributed by atoms with Crippen LogP contribution in [0.2, 0.25) is 0 Å². The molecule has 9 nitrogen and oxygen atoms in total.